The second-order valence-corrected chi connectivity index (χ2v) is 5.99. The molecule has 2 saturated heterocycles. The van der Waals surface area contributed by atoms with E-state index in [4.69, 9.17) is 5.11 Å². The zero-order valence-corrected chi connectivity index (χ0v) is 11.8. The molecule has 108 valence electrons. The summed E-state index contributed by atoms with van der Waals surface area (Å²) >= 11 is 0. The van der Waals surface area contributed by atoms with Crippen LogP contribution in [0.25, 0.3) is 0 Å². The van der Waals surface area contributed by atoms with E-state index in [1.165, 1.54) is 0 Å². The average Bonchev–Trinajstić information content (AvgIpc) is 2.38. The molecule has 2 aliphatic rings. The van der Waals surface area contributed by atoms with Gasteiger partial charge in [0.05, 0.1) is 12.0 Å². The number of amides is 1. The van der Waals surface area contributed by atoms with Crippen LogP contribution in [0.1, 0.15) is 39.5 Å². The summed E-state index contributed by atoms with van der Waals surface area (Å²) in [5, 5.41) is 12.4. The SMILES string of the molecule is CC1CCCNC1C(=O)N1CCC(C(=O)O)CC1C. The molecule has 0 aromatic carbocycles. The number of hydrogen-bond acceptors (Lipinski definition) is 3. The van der Waals surface area contributed by atoms with E-state index in [-0.39, 0.29) is 23.9 Å². The zero-order chi connectivity index (χ0) is 14.0. The summed E-state index contributed by atoms with van der Waals surface area (Å²) in [6, 6.07) is -0.0594. The van der Waals surface area contributed by atoms with Crippen molar-refractivity contribution in [3.8, 4) is 0 Å². The highest BCUT2D eigenvalue weighted by atomic mass is 16.4. The first-order valence-corrected chi connectivity index (χ1v) is 7.27. The molecular formula is C14H24N2O3. The minimum atomic E-state index is -0.733. The van der Waals surface area contributed by atoms with Crippen LogP contribution in [0.4, 0.5) is 0 Å². The molecule has 1 amide bonds. The summed E-state index contributed by atoms with van der Waals surface area (Å²) < 4.78 is 0. The van der Waals surface area contributed by atoms with Crippen molar-refractivity contribution in [2.75, 3.05) is 13.1 Å². The summed E-state index contributed by atoms with van der Waals surface area (Å²) in [6.07, 6.45) is 3.36. The predicted octanol–water partition coefficient (Wildman–Crippen LogP) is 1.09. The molecule has 0 aromatic heterocycles. The number of nitrogens with zero attached hydrogens (tertiary/aromatic N) is 1. The van der Waals surface area contributed by atoms with Crippen LogP contribution in [-0.2, 0) is 9.59 Å². The van der Waals surface area contributed by atoms with E-state index >= 15 is 0 Å². The van der Waals surface area contributed by atoms with Crippen LogP contribution >= 0.6 is 0 Å². The van der Waals surface area contributed by atoms with E-state index in [9.17, 15) is 9.59 Å². The molecule has 2 fully saturated rings. The van der Waals surface area contributed by atoms with Crippen LogP contribution in [0.2, 0.25) is 0 Å². The zero-order valence-electron chi connectivity index (χ0n) is 11.8. The smallest absolute Gasteiger partial charge is 0.306 e. The van der Waals surface area contributed by atoms with Gasteiger partial charge in [-0.25, -0.2) is 0 Å². The highest BCUT2D eigenvalue weighted by Crippen LogP contribution is 2.26. The Kier molecular flexibility index (Phi) is 4.45. The lowest BCUT2D eigenvalue weighted by Gasteiger charge is -2.40. The quantitative estimate of drug-likeness (QED) is 0.786. The molecule has 0 spiro atoms. The number of aliphatic carboxylic acids is 1. The number of hydrogen-bond donors (Lipinski definition) is 2. The maximum Gasteiger partial charge on any atom is 0.306 e. The first-order valence-electron chi connectivity index (χ1n) is 7.27. The lowest BCUT2D eigenvalue weighted by atomic mass is 9.88. The first-order chi connectivity index (χ1) is 9.00. The number of nitrogens with one attached hydrogen (secondary N) is 1. The van der Waals surface area contributed by atoms with E-state index in [1.807, 2.05) is 11.8 Å². The second-order valence-electron chi connectivity index (χ2n) is 5.99. The number of carboxylic acid groups (broad SMARTS) is 1. The fourth-order valence-corrected chi connectivity index (χ4v) is 3.28. The van der Waals surface area contributed by atoms with E-state index in [0.29, 0.717) is 25.3 Å². The number of rotatable bonds is 2. The maximum atomic E-state index is 12.6. The Labute approximate surface area is 114 Å². The van der Waals surface area contributed by atoms with Crippen molar-refractivity contribution in [2.45, 2.75) is 51.6 Å². The van der Waals surface area contributed by atoms with Crippen molar-refractivity contribution < 1.29 is 14.7 Å². The predicted molar refractivity (Wildman–Crippen MR) is 71.7 cm³/mol. The molecule has 19 heavy (non-hydrogen) atoms. The standard InChI is InChI=1S/C14H24N2O3/c1-9-4-3-6-15-12(9)13(17)16-7-5-11(14(18)19)8-10(16)2/h9-12,15H,3-8H2,1-2H3,(H,18,19). The van der Waals surface area contributed by atoms with Crippen LogP contribution in [0.15, 0.2) is 0 Å². The molecule has 4 unspecified atom stereocenters. The van der Waals surface area contributed by atoms with Crippen LogP contribution < -0.4 is 5.32 Å². The molecule has 0 bridgehead atoms. The van der Waals surface area contributed by atoms with Crippen molar-refractivity contribution >= 4 is 11.9 Å². The summed E-state index contributed by atoms with van der Waals surface area (Å²) in [5.74, 6) is -0.506. The van der Waals surface area contributed by atoms with Crippen LogP contribution in [-0.4, -0.2) is 47.1 Å². The third-order valence-electron chi connectivity index (χ3n) is 4.54. The van der Waals surface area contributed by atoms with Gasteiger partial charge in [0.15, 0.2) is 0 Å². The Hall–Kier alpha value is -1.10. The van der Waals surface area contributed by atoms with Gasteiger partial charge in [0.2, 0.25) is 5.91 Å². The van der Waals surface area contributed by atoms with E-state index in [1.54, 1.807) is 0 Å². The molecule has 5 heteroatoms. The molecule has 2 N–H and O–H groups in total. The van der Waals surface area contributed by atoms with E-state index in [2.05, 4.69) is 12.2 Å². The van der Waals surface area contributed by atoms with Gasteiger partial charge in [-0.3, -0.25) is 9.59 Å². The Morgan fingerprint density at radius 1 is 1.26 bits per heavy atom. The monoisotopic (exact) mass is 268 g/mol. The highest BCUT2D eigenvalue weighted by molar-refractivity contribution is 5.83. The number of carbonyl (C=O) groups is 2. The van der Waals surface area contributed by atoms with Gasteiger partial charge in [-0.15, -0.1) is 0 Å². The number of likely N-dealkylation sites (tertiary alicyclic amines) is 1. The third-order valence-corrected chi connectivity index (χ3v) is 4.54. The largest absolute Gasteiger partial charge is 0.481 e. The normalized spacial score (nSPS) is 36.0. The molecule has 0 aliphatic carbocycles. The van der Waals surface area contributed by atoms with E-state index in [0.717, 1.165) is 19.4 Å². The average molecular weight is 268 g/mol. The van der Waals surface area contributed by atoms with Crippen molar-refractivity contribution in [1.29, 1.82) is 0 Å². The van der Waals surface area contributed by atoms with Crippen molar-refractivity contribution in [3.05, 3.63) is 0 Å². The highest BCUT2D eigenvalue weighted by Gasteiger charge is 2.37. The number of carbonyl (C=O) groups excluding carboxylic acids is 1. The fourth-order valence-electron chi connectivity index (χ4n) is 3.28. The molecule has 5 nitrogen and oxygen atoms in total. The maximum absolute atomic E-state index is 12.6. The number of carboxylic acids is 1. The van der Waals surface area contributed by atoms with Gasteiger partial charge < -0.3 is 15.3 Å². The lowest BCUT2D eigenvalue weighted by molar-refractivity contribution is -0.148. The van der Waals surface area contributed by atoms with Gasteiger partial charge in [-0.1, -0.05) is 6.92 Å². The second kappa shape index (κ2) is 5.90. The van der Waals surface area contributed by atoms with Crippen LogP contribution in [0, 0.1) is 11.8 Å². The summed E-state index contributed by atoms with van der Waals surface area (Å²) in [5.41, 5.74) is 0. The minimum Gasteiger partial charge on any atom is -0.481 e. The van der Waals surface area contributed by atoms with Gasteiger partial charge in [0.1, 0.15) is 0 Å². The molecule has 2 heterocycles. The van der Waals surface area contributed by atoms with Crippen molar-refractivity contribution in [1.82, 2.24) is 10.2 Å². The molecule has 2 rings (SSSR count). The minimum absolute atomic E-state index is 0.0262. The fraction of sp³-hybridized carbons (Fsp3) is 0.857. The Morgan fingerprint density at radius 3 is 2.58 bits per heavy atom. The van der Waals surface area contributed by atoms with Crippen LogP contribution in [0.3, 0.4) is 0 Å². The summed E-state index contributed by atoms with van der Waals surface area (Å²) in [7, 11) is 0. The van der Waals surface area contributed by atoms with Gasteiger partial charge in [0.25, 0.3) is 0 Å². The Bertz CT molecular complexity index is 359. The summed E-state index contributed by atoms with van der Waals surface area (Å²) in [6.45, 7) is 5.55. The van der Waals surface area contributed by atoms with Gasteiger partial charge in [-0.2, -0.15) is 0 Å². The molecule has 2 aliphatic heterocycles. The topological polar surface area (TPSA) is 69.6 Å². The van der Waals surface area contributed by atoms with Crippen molar-refractivity contribution in [3.63, 3.8) is 0 Å². The first kappa shape index (κ1) is 14.3. The van der Waals surface area contributed by atoms with Crippen LogP contribution in [0.5, 0.6) is 0 Å². The van der Waals surface area contributed by atoms with Gasteiger partial charge >= 0.3 is 5.97 Å². The summed E-state index contributed by atoms with van der Waals surface area (Å²) in [4.78, 5) is 25.5. The lowest BCUT2D eigenvalue weighted by Crippen LogP contribution is -2.56. The Morgan fingerprint density at radius 2 is 2.00 bits per heavy atom. The Balaban J connectivity index is 1.98. The molecule has 4 atom stereocenters. The molecule has 0 saturated carbocycles. The van der Waals surface area contributed by atoms with Gasteiger partial charge in [-0.05, 0) is 45.1 Å². The molecular weight excluding hydrogens is 244 g/mol. The van der Waals surface area contributed by atoms with Crippen molar-refractivity contribution in [2.24, 2.45) is 11.8 Å². The number of piperidine rings is 2. The third kappa shape index (κ3) is 3.08. The molecule has 0 aromatic rings. The molecule has 0 radical (unpaired) electrons. The van der Waals surface area contributed by atoms with E-state index < -0.39 is 5.97 Å². The van der Waals surface area contributed by atoms with Gasteiger partial charge in [0, 0.05) is 12.6 Å².